The SMILES string of the molecule is [Cu].c1ccc(N(c2ccccc2)c2ccccc2)cc1. The number of benzene rings is 3. The second-order valence-electron chi connectivity index (χ2n) is 4.34. The first-order chi connectivity index (χ1) is 9.45. The zero-order chi connectivity index (χ0) is 12.9. The fraction of sp³-hybridized carbons (Fsp3) is 0. The summed E-state index contributed by atoms with van der Waals surface area (Å²) in [6.07, 6.45) is 0. The Kier molecular flexibility index (Phi) is 5.00. The number of nitrogens with zero attached hydrogens (tertiary/aromatic N) is 1. The Morgan fingerprint density at radius 1 is 0.400 bits per heavy atom. The van der Waals surface area contributed by atoms with Gasteiger partial charge in [-0.3, -0.25) is 0 Å². The third-order valence-corrected chi connectivity index (χ3v) is 3.04. The Morgan fingerprint density at radius 2 is 0.650 bits per heavy atom. The molecular weight excluding hydrogens is 294 g/mol. The third kappa shape index (κ3) is 3.11. The molecule has 1 radical (unpaired) electrons. The molecule has 0 saturated carbocycles. The van der Waals surface area contributed by atoms with Crippen LogP contribution in [0.2, 0.25) is 0 Å². The Bertz CT molecular complexity index is 529. The van der Waals surface area contributed by atoms with Gasteiger partial charge in [0, 0.05) is 34.1 Å². The van der Waals surface area contributed by atoms with E-state index < -0.39 is 0 Å². The molecule has 3 aromatic rings. The molecule has 20 heavy (non-hydrogen) atoms. The molecule has 3 aromatic carbocycles. The van der Waals surface area contributed by atoms with E-state index in [4.69, 9.17) is 0 Å². The van der Waals surface area contributed by atoms with Crippen LogP contribution in [0.15, 0.2) is 91.0 Å². The fourth-order valence-corrected chi connectivity index (χ4v) is 2.18. The smallest absolute Gasteiger partial charge is 0.0461 e. The largest absolute Gasteiger partial charge is 0.311 e. The van der Waals surface area contributed by atoms with Crippen molar-refractivity contribution >= 4 is 17.1 Å². The third-order valence-electron chi connectivity index (χ3n) is 3.04. The van der Waals surface area contributed by atoms with Gasteiger partial charge in [-0.1, -0.05) is 54.6 Å². The zero-order valence-electron chi connectivity index (χ0n) is 10.9. The van der Waals surface area contributed by atoms with Gasteiger partial charge in [0.1, 0.15) is 0 Å². The molecule has 0 aromatic heterocycles. The van der Waals surface area contributed by atoms with E-state index in [0.29, 0.717) is 0 Å². The van der Waals surface area contributed by atoms with Crippen LogP contribution in [-0.2, 0) is 17.1 Å². The Labute approximate surface area is 130 Å². The van der Waals surface area contributed by atoms with Gasteiger partial charge in [0.15, 0.2) is 0 Å². The van der Waals surface area contributed by atoms with Crippen molar-refractivity contribution in [2.75, 3.05) is 4.90 Å². The summed E-state index contributed by atoms with van der Waals surface area (Å²) in [5.74, 6) is 0. The molecule has 3 rings (SSSR count). The van der Waals surface area contributed by atoms with E-state index in [9.17, 15) is 0 Å². The number of rotatable bonds is 3. The molecule has 0 spiro atoms. The molecule has 0 fully saturated rings. The van der Waals surface area contributed by atoms with Crippen LogP contribution in [-0.4, -0.2) is 0 Å². The average molecular weight is 309 g/mol. The van der Waals surface area contributed by atoms with Gasteiger partial charge in [-0.05, 0) is 36.4 Å². The van der Waals surface area contributed by atoms with Crippen LogP contribution in [0.4, 0.5) is 17.1 Å². The Hall–Kier alpha value is -2.02. The molecule has 103 valence electrons. The summed E-state index contributed by atoms with van der Waals surface area (Å²) in [7, 11) is 0. The first-order valence-electron chi connectivity index (χ1n) is 6.40. The summed E-state index contributed by atoms with van der Waals surface area (Å²) in [5, 5.41) is 0. The van der Waals surface area contributed by atoms with E-state index in [1.54, 1.807) is 0 Å². The van der Waals surface area contributed by atoms with Gasteiger partial charge in [0.2, 0.25) is 0 Å². The van der Waals surface area contributed by atoms with Crippen molar-refractivity contribution in [1.82, 2.24) is 0 Å². The molecule has 0 aliphatic carbocycles. The monoisotopic (exact) mass is 308 g/mol. The van der Waals surface area contributed by atoms with Gasteiger partial charge < -0.3 is 4.90 Å². The van der Waals surface area contributed by atoms with E-state index in [-0.39, 0.29) is 17.1 Å². The second kappa shape index (κ2) is 6.95. The van der Waals surface area contributed by atoms with Crippen molar-refractivity contribution in [2.24, 2.45) is 0 Å². The minimum Gasteiger partial charge on any atom is -0.311 e. The predicted molar refractivity (Wildman–Crippen MR) is 81.1 cm³/mol. The Morgan fingerprint density at radius 3 is 0.900 bits per heavy atom. The van der Waals surface area contributed by atoms with Crippen molar-refractivity contribution in [3.8, 4) is 0 Å². The van der Waals surface area contributed by atoms with E-state index in [1.165, 1.54) is 17.1 Å². The van der Waals surface area contributed by atoms with E-state index in [0.717, 1.165) is 0 Å². The average Bonchev–Trinajstić information content (AvgIpc) is 2.51. The Balaban J connectivity index is 0.00000147. The molecule has 0 heterocycles. The zero-order valence-corrected chi connectivity index (χ0v) is 11.9. The summed E-state index contributed by atoms with van der Waals surface area (Å²) in [6.45, 7) is 0. The van der Waals surface area contributed by atoms with Crippen molar-refractivity contribution in [1.29, 1.82) is 0 Å². The van der Waals surface area contributed by atoms with Crippen LogP contribution in [0.25, 0.3) is 0 Å². The van der Waals surface area contributed by atoms with Crippen LogP contribution in [0, 0.1) is 0 Å². The number of hydrogen-bond donors (Lipinski definition) is 0. The van der Waals surface area contributed by atoms with Crippen LogP contribution >= 0.6 is 0 Å². The van der Waals surface area contributed by atoms with Crippen LogP contribution < -0.4 is 4.90 Å². The normalized spacial score (nSPS) is 9.60. The summed E-state index contributed by atoms with van der Waals surface area (Å²) >= 11 is 0. The van der Waals surface area contributed by atoms with Crippen molar-refractivity contribution in [2.45, 2.75) is 0 Å². The van der Waals surface area contributed by atoms with Crippen LogP contribution in [0.5, 0.6) is 0 Å². The molecule has 1 nitrogen and oxygen atoms in total. The summed E-state index contributed by atoms with van der Waals surface area (Å²) in [5.41, 5.74) is 3.50. The number of hydrogen-bond acceptors (Lipinski definition) is 1. The van der Waals surface area contributed by atoms with Gasteiger partial charge in [0.05, 0.1) is 0 Å². The van der Waals surface area contributed by atoms with Gasteiger partial charge in [-0.2, -0.15) is 0 Å². The first-order valence-corrected chi connectivity index (χ1v) is 6.40. The van der Waals surface area contributed by atoms with Gasteiger partial charge >= 0.3 is 0 Å². The molecule has 0 aliphatic rings. The second-order valence-corrected chi connectivity index (χ2v) is 4.34. The fourth-order valence-electron chi connectivity index (χ4n) is 2.18. The van der Waals surface area contributed by atoms with Gasteiger partial charge in [-0.15, -0.1) is 0 Å². The number of anilines is 3. The molecule has 0 saturated heterocycles. The molecule has 0 atom stereocenters. The molecule has 0 aliphatic heterocycles. The maximum absolute atomic E-state index is 2.25. The summed E-state index contributed by atoms with van der Waals surface area (Å²) in [4.78, 5) is 2.25. The molecule has 0 bridgehead atoms. The van der Waals surface area contributed by atoms with Gasteiger partial charge in [0.25, 0.3) is 0 Å². The molecule has 0 amide bonds. The predicted octanol–water partition coefficient (Wildman–Crippen LogP) is 5.15. The quantitative estimate of drug-likeness (QED) is 0.605. The van der Waals surface area contributed by atoms with Gasteiger partial charge in [-0.25, -0.2) is 0 Å². The summed E-state index contributed by atoms with van der Waals surface area (Å²) < 4.78 is 0. The first kappa shape index (κ1) is 14.4. The van der Waals surface area contributed by atoms with E-state index in [2.05, 4.69) is 77.7 Å². The standard InChI is InChI=1S/C18H15N.Cu/c1-4-10-16(11-5-1)19(17-12-6-2-7-13-17)18-14-8-3-9-15-18;/h1-15H;. The van der Waals surface area contributed by atoms with E-state index in [1.807, 2.05) is 18.2 Å². The van der Waals surface area contributed by atoms with Crippen LogP contribution in [0.3, 0.4) is 0 Å². The number of para-hydroxylation sites is 3. The molecule has 0 unspecified atom stereocenters. The minimum atomic E-state index is 0. The van der Waals surface area contributed by atoms with Crippen molar-refractivity contribution in [3.05, 3.63) is 91.0 Å². The molecule has 2 heteroatoms. The summed E-state index contributed by atoms with van der Waals surface area (Å²) in [6, 6.07) is 31.3. The minimum absolute atomic E-state index is 0. The van der Waals surface area contributed by atoms with Crippen molar-refractivity contribution in [3.63, 3.8) is 0 Å². The van der Waals surface area contributed by atoms with Crippen LogP contribution in [0.1, 0.15) is 0 Å². The maximum atomic E-state index is 2.25. The van der Waals surface area contributed by atoms with E-state index >= 15 is 0 Å². The topological polar surface area (TPSA) is 3.24 Å². The maximum Gasteiger partial charge on any atom is 0.0461 e. The molecule has 0 N–H and O–H groups in total. The van der Waals surface area contributed by atoms with Crippen molar-refractivity contribution < 1.29 is 17.1 Å². The molecular formula is C18H15CuN.